The maximum atomic E-state index is 12.4. The fourth-order valence-corrected chi connectivity index (χ4v) is 3.89. The molecule has 0 aliphatic carbocycles. The third-order valence-electron chi connectivity index (χ3n) is 4.80. The van der Waals surface area contributed by atoms with Crippen LogP contribution in [0.5, 0.6) is 0 Å². The van der Waals surface area contributed by atoms with Crippen molar-refractivity contribution in [3.8, 4) is 0 Å². The van der Waals surface area contributed by atoms with E-state index in [0.29, 0.717) is 32.5 Å². The maximum Gasteiger partial charge on any atom is 0.222 e. The van der Waals surface area contributed by atoms with Crippen LogP contribution in [0.25, 0.3) is 0 Å². The Balaban J connectivity index is 1.38. The summed E-state index contributed by atoms with van der Waals surface area (Å²) in [5.41, 5.74) is 2.25. The Hall–Kier alpha value is -3.45. The molecule has 0 spiro atoms. The summed E-state index contributed by atoms with van der Waals surface area (Å²) in [6, 6.07) is 23.8. The van der Waals surface area contributed by atoms with E-state index in [2.05, 4.69) is 21.8 Å². The molecule has 0 fully saturated rings. The second kappa shape index (κ2) is 10.5. The van der Waals surface area contributed by atoms with Crippen molar-refractivity contribution >= 4 is 22.6 Å². The number of aromatic nitrogens is 2. The Labute approximate surface area is 185 Å². The summed E-state index contributed by atoms with van der Waals surface area (Å²) in [6.07, 6.45) is 2.70. The van der Waals surface area contributed by atoms with Gasteiger partial charge in [-0.25, -0.2) is 4.98 Å². The summed E-state index contributed by atoms with van der Waals surface area (Å²) in [6.45, 7) is 1.60. The number of rotatable bonds is 10. The van der Waals surface area contributed by atoms with Crippen molar-refractivity contribution in [2.75, 3.05) is 11.4 Å². The molecular formula is C24H24N4O2S. The lowest BCUT2D eigenvalue weighted by molar-refractivity contribution is -0.121. The van der Waals surface area contributed by atoms with Crippen LogP contribution in [0.2, 0.25) is 0 Å². The van der Waals surface area contributed by atoms with E-state index in [0.717, 1.165) is 22.3 Å². The molecule has 2 aromatic heterocycles. The highest BCUT2D eigenvalue weighted by atomic mass is 32.1. The summed E-state index contributed by atoms with van der Waals surface area (Å²) in [7, 11) is 0. The van der Waals surface area contributed by atoms with Gasteiger partial charge in [0.15, 0.2) is 0 Å². The average molecular weight is 433 g/mol. The number of anilines is 1. The third kappa shape index (κ3) is 6.26. The van der Waals surface area contributed by atoms with E-state index in [9.17, 15) is 4.79 Å². The van der Waals surface area contributed by atoms with Crippen molar-refractivity contribution in [3.63, 3.8) is 0 Å². The Morgan fingerprint density at radius 3 is 2.42 bits per heavy atom. The number of benzene rings is 2. The molecule has 7 heteroatoms. The van der Waals surface area contributed by atoms with Crippen LogP contribution >= 0.6 is 11.5 Å². The van der Waals surface area contributed by atoms with E-state index in [1.165, 1.54) is 17.1 Å². The molecule has 0 saturated carbocycles. The topological polar surface area (TPSA) is 71.3 Å². The van der Waals surface area contributed by atoms with E-state index in [-0.39, 0.29) is 5.91 Å². The van der Waals surface area contributed by atoms with Crippen LogP contribution in [0, 0.1) is 0 Å². The van der Waals surface area contributed by atoms with Crippen molar-refractivity contribution in [3.05, 3.63) is 102 Å². The Bertz CT molecular complexity index is 1070. The van der Waals surface area contributed by atoms with Crippen LogP contribution in [0.4, 0.5) is 5.13 Å². The Morgan fingerprint density at radius 2 is 1.71 bits per heavy atom. The van der Waals surface area contributed by atoms with E-state index in [4.69, 9.17) is 9.40 Å². The van der Waals surface area contributed by atoms with Crippen LogP contribution in [-0.2, 0) is 24.3 Å². The lowest BCUT2D eigenvalue weighted by Gasteiger charge is -2.20. The van der Waals surface area contributed by atoms with Gasteiger partial charge in [-0.05, 0) is 23.3 Å². The molecule has 158 valence electrons. The summed E-state index contributed by atoms with van der Waals surface area (Å²) < 4.78 is 10.0. The summed E-state index contributed by atoms with van der Waals surface area (Å²) in [5, 5.41) is 3.77. The standard InChI is InChI=1S/C24H24N4O2S/c29-23(25-17-20-10-5-2-6-11-20)13-14-28(18-21-12-7-15-30-21)24-26-22(27-31-24)16-19-8-3-1-4-9-19/h1-12,15H,13-14,16-18H2,(H,25,29). The molecule has 0 radical (unpaired) electrons. The molecular weight excluding hydrogens is 408 g/mol. The quantitative estimate of drug-likeness (QED) is 0.401. The molecule has 0 unspecified atom stereocenters. The molecule has 1 amide bonds. The van der Waals surface area contributed by atoms with Crippen LogP contribution in [0.15, 0.2) is 83.5 Å². The van der Waals surface area contributed by atoms with Crippen molar-refractivity contribution in [2.24, 2.45) is 0 Å². The van der Waals surface area contributed by atoms with E-state index >= 15 is 0 Å². The van der Waals surface area contributed by atoms with Crippen LogP contribution in [0.1, 0.15) is 29.1 Å². The number of hydrogen-bond acceptors (Lipinski definition) is 6. The minimum Gasteiger partial charge on any atom is -0.467 e. The third-order valence-corrected chi connectivity index (χ3v) is 5.62. The lowest BCUT2D eigenvalue weighted by atomic mass is 10.1. The van der Waals surface area contributed by atoms with Crippen LogP contribution in [-0.4, -0.2) is 21.8 Å². The average Bonchev–Trinajstić information content (AvgIpc) is 3.49. The number of carbonyl (C=O) groups excluding carboxylic acids is 1. The number of nitrogens with one attached hydrogen (secondary N) is 1. The zero-order chi connectivity index (χ0) is 21.3. The molecule has 0 bridgehead atoms. The SMILES string of the molecule is O=C(CCN(Cc1ccco1)c1nc(Cc2ccccc2)ns1)NCc1ccccc1. The number of amides is 1. The Kier molecular flexibility index (Phi) is 7.08. The minimum absolute atomic E-state index is 0.00215. The van der Waals surface area contributed by atoms with Gasteiger partial charge in [0.05, 0.1) is 12.8 Å². The first kappa shape index (κ1) is 20.8. The van der Waals surface area contributed by atoms with Gasteiger partial charge in [0, 0.05) is 37.5 Å². The molecule has 0 aliphatic rings. The van der Waals surface area contributed by atoms with Crippen molar-refractivity contribution in [2.45, 2.75) is 25.9 Å². The molecule has 2 aromatic carbocycles. The van der Waals surface area contributed by atoms with Gasteiger partial charge in [-0.15, -0.1) is 0 Å². The first-order valence-corrected chi connectivity index (χ1v) is 11.0. The van der Waals surface area contributed by atoms with Gasteiger partial charge < -0.3 is 14.6 Å². The number of nitrogens with zero attached hydrogens (tertiary/aromatic N) is 3. The van der Waals surface area contributed by atoms with Crippen LogP contribution < -0.4 is 10.2 Å². The molecule has 2 heterocycles. The summed E-state index contributed by atoms with van der Waals surface area (Å²) >= 11 is 1.35. The van der Waals surface area contributed by atoms with Gasteiger partial charge >= 0.3 is 0 Å². The van der Waals surface area contributed by atoms with Gasteiger partial charge in [0.25, 0.3) is 0 Å². The lowest BCUT2D eigenvalue weighted by Crippen LogP contribution is -2.30. The van der Waals surface area contributed by atoms with E-state index in [1.54, 1.807) is 6.26 Å². The predicted molar refractivity (Wildman–Crippen MR) is 122 cm³/mol. The zero-order valence-electron chi connectivity index (χ0n) is 17.1. The van der Waals surface area contributed by atoms with Gasteiger partial charge in [0.1, 0.15) is 11.6 Å². The second-order valence-electron chi connectivity index (χ2n) is 7.17. The van der Waals surface area contributed by atoms with Gasteiger partial charge in [0.2, 0.25) is 11.0 Å². The minimum atomic E-state index is 0.00215. The highest BCUT2D eigenvalue weighted by Gasteiger charge is 2.16. The molecule has 0 atom stereocenters. The molecule has 31 heavy (non-hydrogen) atoms. The van der Waals surface area contributed by atoms with Crippen molar-refractivity contribution in [1.29, 1.82) is 0 Å². The second-order valence-corrected chi connectivity index (χ2v) is 7.90. The van der Waals surface area contributed by atoms with Crippen molar-refractivity contribution in [1.82, 2.24) is 14.7 Å². The zero-order valence-corrected chi connectivity index (χ0v) is 17.9. The largest absolute Gasteiger partial charge is 0.467 e. The van der Waals surface area contributed by atoms with Gasteiger partial charge in [-0.2, -0.15) is 4.37 Å². The predicted octanol–water partition coefficient (Wildman–Crippen LogP) is 4.44. The van der Waals surface area contributed by atoms with Crippen LogP contribution in [0.3, 0.4) is 0 Å². The van der Waals surface area contributed by atoms with Gasteiger partial charge in [-0.1, -0.05) is 60.7 Å². The monoisotopic (exact) mass is 432 g/mol. The fraction of sp³-hybridized carbons (Fsp3) is 0.208. The molecule has 6 nitrogen and oxygen atoms in total. The molecule has 0 saturated heterocycles. The smallest absolute Gasteiger partial charge is 0.222 e. The summed E-state index contributed by atoms with van der Waals surface area (Å²) in [5.74, 6) is 1.61. The van der Waals surface area contributed by atoms with Gasteiger partial charge in [-0.3, -0.25) is 4.79 Å². The van der Waals surface area contributed by atoms with Crippen molar-refractivity contribution < 1.29 is 9.21 Å². The fourth-order valence-electron chi connectivity index (χ4n) is 3.18. The Morgan fingerprint density at radius 1 is 0.968 bits per heavy atom. The molecule has 1 N–H and O–H groups in total. The highest BCUT2D eigenvalue weighted by Crippen LogP contribution is 2.22. The molecule has 0 aliphatic heterocycles. The molecule has 4 rings (SSSR count). The summed E-state index contributed by atoms with van der Waals surface area (Å²) in [4.78, 5) is 19.2. The normalized spacial score (nSPS) is 10.7. The molecule has 4 aromatic rings. The number of furan rings is 1. The van der Waals surface area contributed by atoms with E-state index < -0.39 is 0 Å². The highest BCUT2D eigenvalue weighted by molar-refractivity contribution is 7.09. The maximum absolute atomic E-state index is 12.4. The number of hydrogen-bond donors (Lipinski definition) is 1. The number of carbonyl (C=O) groups is 1. The van der Waals surface area contributed by atoms with E-state index in [1.807, 2.05) is 65.6 Å². The first-order chi connectivity index (χ1) is 15.3. The first-order valence-electron chi connectivity index (χ1n) is 10.2.